The molecule has 0 atom stereocenters. The van der Waals surface area contributed by atoms with E-state index < -0.39 is 0 Å². The fourth-order valence-corrected chi connectivity index (χ4v) is 1.52. The van der Waals surface area contributed by atoms with E-state index in [4.69, 9.17) is 0 Å². The van der Waals surface area contributed by atoms with Crippen LogP contribution in [0.25, 0.3) is 0 Å². The van der Waals surface area contributed by atoms with Gasteiger partial charge in [0.25, 0.3) is 0 Å². The lowest BCUT2D eigenvalue weighted by molar-refractivity contribution is -0.127. The number of carbonyl (C=O) groups excluding carboxylic acids is 2. The fraction of sp³-hybridized carbons (Fsp3) is 0.600. The second kappa shape index (κ2) is 5.38. The van der Waals surface area contributed by atoms with Gasteiger partial charge >= 0.3 is 6.03 Å². The van der Waals surface area contributed by atoms with Gasteiger partial charge in [0.1, 0.15) is 0 Å². The maximum Gasteiger partial charge on any atom is 0.317 e. The van der Waals surface area contributed by atoms with Crippen molar-refractivity contribution in [3.05, 3.63) is 12.7 Å². The molecule has 1 aliphatic heterocycles. The molecule has 1 rings (SSSR count). The maximum atomic E-state index is 11.4. The lowest BCUT2D eigenvalue weighted by Gasteiger charge is -2.34. The van der Waals surface area contributed by atoms with Gasteiger partial charge in [0.05, 0.1) is 0 Å². The van der Waals surface area contributed by atoms with Crippen LogP contribution in [0.5, 0.6) is 0 Å². The zero-order valence-corrected chi connectivity index (χ0v) is 9.03. The zero-order chi connectivity index (χ0) is 11.3. The van der Waals surface area contributed by atoms with Gasteiger partial charge < -0.3 is 15.1 Å². The second-order valence-corrected chi connectivity index (χ2v) is 3.35. The van der Waals surface area contributed by atoms with Gasteiger partial charge in [0.15, 0.2) is 0 Å². The Hall–Kier alpha value is -1.52. The van der Waals surface area contributed by atoms with Crippen LogP contribution in [0.2, 0.25) is 0 Å². The maximum absolute atomic E-state index is 11.4. The third kappa shape index (κ3) is 2.97. The number of piperazine rings is 1. The topological polar surface area (TPSA) is 52.7 Å². The van der Waals surface area contributed by atoms with Crippen LogP contribution in [0.1, 0.15) is 6.92 Å². The number of nitrogens with one attached hydrogen (secondary N) is 1. The van der Waals surface area contributed by atoms with Crippen LogP contribution in [0.4, 0.5) is 4.79 Å². The van der Waals surface area contributed by atoms with Crippen molar-refractivity contribution in [2.24, 2.45) is 0 Å². The molecular weight excluding hydrogens is 194 g/mol. The molecular formula is C10H17N3O2. The van der Waals surface area contributed by atoms with E-state index in [1.807, 2.05) is 6.92 Å². The van der Waals surface area contributed by atoms with Crippen molar-refractivity contribution in [3.63, 3.8) is 0 Å². The van der Waals surface area contributed by atoms with E-state index in [0.717, 1.165) is 0 Å². The number of carbonyl (C=O) groups is 2. The van der Waals surface area contributed by atoms with E-state index in [0.29, 0.717) is 32.7 Å². The van der Waals surface area contributed by atoms with E-state index in [-0.39, 0.29) is 11.9 Å². The van der Waals surface area contributed by atoms with E-state index in [1.54, 1.807) is 9.80 Å². The van der Waals surface area contributed by atoms with E-state index in [2.05, 4.69) is 11.9 Å². The Bertz CT molecular complexity index is 257. The summed E-state index contributed by atoms with van der Waals surface area (Å²) in [5.41, 5.74) is 0. The van der Waals surface area contributed by atoms with Crippen molar-refractivity contribution in [3.8, 4) is 0 Å². The van der Waals surface area contributed by atoms with Crippen LogP contribution in [-0.4, -0.2) is 54.5 Å². The van der Waals surface area contributed by atoms with Crippen molar-refractivity contribution >= 4 is 11.9 Å². The predicted molar refractivity (Wildman–Crippen MR) is 57.4 cm³/mol. The Kier molecular flexibility index (Phi) is 4.15. The predicted octanol–water partition coefficient (Wildman–Crippen LogP) is 0.0461. The average molecular weight is 211 g/mol. The molecule has 0 aliphatic carbocycles. The first-order chi connectivity index (χ1) is 7.19. The fourth-order valence-electron chi connectivity index (χ4n) is 1.52. The highest BCUT2D eigenvalue weighted by Gasteiger charge is 2.22. The number of nitrogens with zero attached hydrogens (tertiary/aromatic N) is 2. The summed E-state index contributed by atoms with van der Waals surface area (Å²) in [7, 11) is 0. The number of hydrogen-bond acceptors (Lipinski definition) is 2. The van der Waals surface area contributed by atoms with Crippen molar-refractivity contribution in [1.82, 2.24) is 15.1 Å². The smallest absolute Gasteiger partial charge is 0.317 e. The third-order valence-electron chi connectivity index (χ3n) is 2.38. The molecule has 0 bridgehead atoms. The first-order valence-electron chi connectivity index (χ1n) is 5.13. The van der Waals surface area contributed by atoms with Gasteiger partial charge in [-0.1, -0.05) is 6.58 Å². The number of hydrogen-bond donors (Lipinski definition) is 1. The first kappa shape index (κ1) is 11.6. The minimum absolute atomic E-state index is 0.0526. The van der Waals surface area contributed by atoms with Gasteiger partial charge in [-0.15, -0.1) is 0 Å². The standard InChI is InChI=1S/C10H17N3O2/c1-3-9(14)12-5-7-13(8-6-12)10(15)11-4-2/h3H,1,4-8H2,2H3,(H,11,15). The minimum Gasteiger partial charge on any atom is -0.338 e. The highest BCUT2D eigenvalue weighted by atomic mass is 16.2. The van der Waals surface area contributed by atoms with E-state index >= 15 is 0 Å². The molecule has 0 aromatic rings. The van der Waals surface area contributed by atoms with Crippen LogP contribution in [0.15, 0.2) is 12.7 Å². The SMILES string of the molecule is C=CC(=O)N1CCN(C(=O)NCC)CC1. The Morgan fingerprint density at radius 3 is 2.27 bits per heavy atom. The molecule has 0 spiro atoms. The van der Waals surface area contributed by atoms with Crippen LogP contribution in [0.3, 0.4) is 0 Å². The molecule has 84 valence electrons. The summed E-state index contributed by atoms with van der Waals surface area (Å²) in [6, 6.07) is -0.0526. The normalized spacial score (nSPS) is 16.1. The summed E-state index contributed by atoms with van der Waals surface area (Å²) >= 11 is 0. The van der Waals surface area contributed by atoms with Gasteiger partial charge in [0, 0.05) is 32.7 Å². The van der Waals surface area contributed by atoms with E-state index in [1.165, 1.54) is 6.08 Å². The van der Waals surface area contributed by atoms with Crippen molar-refractivity contribution in [2.75, 3.05) is 32.7 Å². The Morgan fingerprint density at radius 2 is 1.80 bits per heavy atom. The lowest BCUT2D eigenvalue weighted by Crippen LogP contribution is -2.52. The van der Waals surface area contributed by atoms with Gasteiger partial charge in [-0.3, -0.25) is 4.79 Å². The summed E-state index contributed by atoms with van der Waals surface area (Å²) in [6.45, 7) is 8.30. The molecule has 0 saturated carbocycles. The molecule has 0 aromatic heterocycles. The van der Waals surface area contributed by atoms with Gasteiger partial charge in [0.2, 0.25) is 5.91 Å². The molecule has 0 unspecified atom stereocenters. The summed E-state index contributed by atoms with van der Waals surface area (Å²) in [5, 5.41) is 2.74. The Labute approximate surface area is 89.7 Å². The molecule has 1 aliphatic rings. The van der Waals surface area contributed by atoms with Crippen LogP contribution >= 0.6 is 0 Å². The first-order valence-corrected chi connectivity index (χ1v) is 5.13. The lowest BCUT2D eigenvalue weighted by atomic mass is 10.3. The minimum atomic E-state index is -0.0643. The molecule has 3 amide bonds. The number of rotatable bonds is 2. The molecule has 0 radical (unpaired) electrons. The molecule has 0 aromatic carbocycles. The Balaban J connectivity index is 2.38. The summed E-state index contributed by atoms with van der Waals surface area (Å²) in [4.78, 5) is 26.1. The second-order valence-electron chi connectivity index (χ2n) is 3.35. The van der Waals surface area contributed by atoms with Crippen LogP contribution in [-0.2, 0) is 4.79 Å². The number of amides is 3. The van der Waals surface area contributed by atoms with Crippen molar-refractivity contribution in [2.45, 2.75) is 6.92 Å². The van der Waals surface area contributed by atoms with Crippen LogP contribution < -0.4 is 5.32 Å². The number of urea groups is 1. The van der Waals surface area contributed by atoms with Crippen LogP contribution in [0, 0.1) is 0 Å². The molecule has 1 heterocycles. The van der Waals surface area contributed by atoms with E-state index in [9.17, 15) is 9.59 Å². The monoisotopic (exact) mass is 211 g/mol. The molecule has 5 nitrogen and oxygen atoms in total. The molecule has 1 saturated heterocycles. The van der Waals surface area contributed by atoms with Gasteiger partial charge in [-0.05, 0) is 13.0 Å². The molecule has 1 N–H and O–H groups in total. The highest BCUT2D eigenvalue weighted by molar-refractivity contribution is 5.87. The van der Waals surface area contributed by atoms with Crippen molar-refractivity contribution < 1.29 is 9.59 Å². The van der Waals surface area contributed by atoms with Gasteiger partial charge in [-0.25, -0.2) is 4.79 Å². The largest absolute Gasteiger partial charge is 0.338 e. The molecule has 15 heavy (non-hydrogen) atoms. The summed E-state index contributed by atoms with van der Waals surface area (Å²) in [6.07, 6.45) is 1.31. The molecule has 5 heteroatoms. The Morgan fingerprint density at radius 1 is 1.27 bits per heavy atom. The average Bonchev–Trinajstić information content (AvgIpc) is 2.28. The quantitative estimate of drug-likeness (QED) is 0.656. The zero-order valence-electron chi connectivity index (χ0n) is 9.03. The highest BCUT2D eigenvalue weighted by Crippen LogP contribution is 2.02. The molecule has 1 fully saturated rings. The summed E-state index contributed by atoms with van der Waals surface area (Å²) < 4.78 is 0. The summed E-state index contributed by atoms with van der Waals surface area (Å²) in [5.74, 6) is -0.0643. The van der Waals surface area contributed by atoms with Gasteiger partial charge in [-0.2, -0.15) is 0 Å². The van der Waals surface area contributed by atoms with Crippen molar-refractivity contribution in [1.29, 1.82) is 0 Å². The third-order valence-corrected chi connectivity index (χ3v) is 2.38.